The fraction of sp³-hybridized carbons (Fsp3) is 0.440. The van der Waals surface area contributed by atoms with E-state index >= 15 is 0 Å². The quantitative estimate of drug-likeness (QED) is 0.120. The molecule has 0 saturated heterocycles. The predicted molar refractivity (Wildman–Crippen MR) is 127 cm³/mol. The maximum atomic E-state index is 12.2. The zero-order valence-electron chi connectivity index (χ0n) is 19.6. The summed E-state index contributed by atoms with van der Waals surface area (Å²) in [4.78, 5) is 46.8. The number of benzene rings is 1. The van der Waals surface area contributed by atoms with Gasteiger partial charge in [0.2, 0.25) is 0 Å². The minimum atomic E-state index is -0.838. The fourth-order valence-corrected chi connectivity index (χ4v) is 2.85. The second-order valence-corrected chi connectivity index (χ2v) is 7.72. The van der Waals surface area contributed by atoms with Crippen LogP contribution in [-0.2, 0) is 38.1 Å². The molecule has 0 amide bonds. The van der Waals surface area contributed by atoms with Crippen molar-refractivity contribution in [1.29, 1.82) is 0 Å². The molecule has 1 atom stereocenters. The molecule has 1 aromatic carbocycles. The molecule has 0 heterocycles. The van der Waals surface area contributed by atoms with E-state index in [0.717, 1.165) is 12.5 Å². The van der Waals surface area contributed by atoms with Crippen molar-refractivity contribution < 1.29 is 42.9 Å². The molecule has 0 aliphatic carbocycles. The van der Waals surface area contributed by atoms with E-state index in [1.807, 2.05) is 0 Å². The number of hydrogen-bond acceptors (Lipinski definition) is 9. The lowest BCUT2D eigenvalue weighted by molar-refractivity contribution is -0.161. The number of ether oxygens (including phenoxy) is 5. The third-order valence-electron chi connectivity index (χ3n) is 4.43. The number of rotatable bonds is 18. The summed E-state index contributed by atoms with van der Waals surface area (Å²) >= 11 is 5.86. The second kappa shape index (κ2) is 18.1. The fourth-order valence-electron chi connectivity index (χ4n) is 2.72. The maximum Gasteiger partial charge on any atom is 0.310 e. The van der Waals surface area contributed by atoms with Crippen LogP contribution in [0, 0.1) is 0 Å². The third-order valence-corrected chi connectivity index (χ3v) is 4.68. The molecule has 0 saturated carbocycles. The van der Waals surface area contributed by atoms with Gasteiger partial charge in [0, 0.05) is 30.7 Å². The van der Waals surface area contributed by atoms with Crippen LogP contribution in [0.15, 0.2) is 49.9 Å². The monoisotopic (exact) mass is 510 g/mol. The van der Waals surface area contributed by atoms with Crippen LogP contribution in [0.4, 0.5) is 0 Å². The lowest BCUT2D eigenvalue weighted by Crippen LogP contribution is -2.31. The average molecular weight is 511 g/mol. The van der Waals surface area contributed by atoms with E-state index in [2.05, 4.69) is 22.6 Å². The van der Waals surface area contributed by atoms with E-state index in [-0.39, 0.29) is 38.9 Å². The van der Waals surface area contributed by atoms with E-state index < -0.39 is 30.0 Å². The summed E-state index contributed by atoms with van der Waals surface area (Å²) in [5.41, 5.74) is 0. The van der Waals surface area contributed by atoms with E-state index in [4.69, 9.17) is 25.8 Å². The third kappa shape index (κ3) is 15.2. The lowest BCUT2D eigenvalue weighted by atomic mass is 10.2. The summed E-state index contributed by atoms with van der Waals surface area (Å²) in [6, 6.07) is 6.63. The highest BCUT2D eigenvalue weighted by molar-refractivity contribution is 6.30. The van der Waals surface area contributed by atoms with Gasteiger partial charge in [-0.3, -0.25) is 19.2 Å². The normalized spacial score (nSPS) is 11.0. The summed E-state index contributed by atoms with van der Waals surface area (Å²) in [6.45, 7) is 6.37. The molecule has 0 spiro atoms. The second-order valence-electron chi connectivity index (χ2n) is 7.29. The van der Waals surface area contributed by atoms with Crippen molar-refractivity contribution in [2.75, 3.05) is 13.2 Å². The molecule has 0 aliphatic rings. The number of unbranched alkanes of at least 4 members (excludes halogenated alkanes) is 2. The molecule has 9 nitrogen and oxygen atoms in total. The van der Waals surface area contributed by atoms with Gasteiger partial charge in [-0.05, 0) is 49.9 Å². The van der Waals surface area contributed by atoms with Crippen LogP contribution in [0.3, 0.4) is 0 Å². The maximum absolute atomic E-state index is 12.2. The van der Waals surface area contributed by atoms with Gasteiger partial charge in [0.1, 0.15) is 19.0 Å². The van der Waals surface area contributed by atoms with Crippen molar-refractivity contribution in [2.24, 2.45) is 0 Å². The zero-order chi connectivity index (χ0) is 25.9. The molecular formula is C25H31ClO9. The first-order valence-corrected chi connectivity index (χ1v) is 11.6. The van der Waals surface area contributed by atoms with E-state index in [9.17, 15) is 19.2 Å². The van der Waals surface area contributed by atoms with Gasteiger partial charge in [-0.25, -0.2) is 0 Å². The number of esters is 4. The highest BCUT2D eigenvalue weighted by atomic mass is 35.5. The van der Waals surface area contributed by atoms with Crippen molar-refractivity contribution >= 4 is 35.5 Å². The number of halogens is 1. The van der Waals surface area contributed by atoms with Gasteiger partial charge in [-0.1, -0.05) is 24.8 Å². The number of carbonyl (C=O) groups excluding carboxylic acids is 4. The minimum Gasteiger partial charge on any atom is -0.490 e. The van der Waals surface area contributed by atoms with Gasteiger partial charge in [-0.2, -0.15) is 0 Å². The van der Waals surface area contributed by atoms with Crippen LogP contribution in [0.1, 0.15) is 51.4 Å². The highest BCUT2D eigenvalue weighted by Crippen LogP contribution is 2.16. The Bertz CT molecular complexity index is 836. The zero-order valence-corrected chi connectivity index (χ0v) is 20.3. The Balaban J connectivity index is 2.47. The van der Waals surface area contributed by atoms with Crippen LogP contribution in [0.25, 0.3) is 0 Å². The van der Waals surface area contributed by atoms with Gasteiger partial charge < -0.3 is 23.7 Å². The summed E-state index contributed by atoms with van der Waals surface area (Å²) < 4.78 is 25.5. The molecule has 0 aromatic heterocycles. The van der Waals surface area contributed by atoms with Crippen LogP contribution < -0.4 is 4.74 Å². The van der Waals surface area contributed by atoms with Crippen LogP contribution in [0.2, 0.25) is 5.02 Å². The Morgan fingerprint density at radius 1 is 0.743 bits per heavy atom. The molecule has 1 rings (SSSR count). The van der Waals surface area contributed by atoms with Gasteiger partial charge in [0.05, 0.1) is 12.5 Å². The summed E-state index contributed by atoms with van der Waals surface area (Å²) in [7, 11) is 0. The molecule has 0 fully saturated rings. The number of hydrogen-bond donors (Lipinski definition) is 0. The van der Waals surface area contributed by atoms with Crippen molar-refractivity contribution in [3.05, 3.63) is 55.0 Å². The van der Waals surface area contributed by atoms with E-state index in [0.29, 0.717) is 36.5 Å². The smallest absolute Gasteiger partial charge is 0.310 e. The lowest BCUT2D eigenvalue weighted by Gasteiger charge is -2.19. The Labute approximate surface area is 210 Å². The van der Waals surface area contributed by atoms with Crippen LogP contribution >= 0.6 is 11.6 Å². The van der Waals surface area contributed by atoms with E-state index in [1.165, 1.54) is 0 Å². The van der Waals surface area contributed by atoms with Crippen molar-refractivity contribution in [1.82, 2.24) is 0 Å². The molecule has 192 valence electrons. The Kier molecular flexibility index (Phi) is 15.3. The van der Waals surface area contributed by atoms with Crippen LogP contribution in [0.5, 0.6) is 5.75 Å². The standard InChI is InChI=1S/C25H31ClO9/c1-3-31-22(27)9-5-6-11-24(29)34-18-21(17-33-20-15-13-19(26)14-16-20)35-25(30)12-8-7-10-23(28)32-4-2/h3-4,13-16,21H,1-2,5-12,17-18H2. The minimum absolute atomic E-state index is 0.0420. The average Bonchev–Trinajstić information content (AvgIpc) is 2.82. The molecule has 0 aliphatic heterocycles. The van der Waals surface area contributed by atoms with Crippen molar-refractivity contribution in [2.45, 2.75) is 57.5 Å². The van der Waals surface area contributed by atoms with Crippen LogP contribution in [-0.4, -0.2) is 43.2 Å². The van der Waals surface area contributed by atoms with Gasteiger partial charge in [0.25, 0.3) is 0 Å². The Morgan fingerprint density at radius 2 is 1.23 bits per heavy atom. The molecule has 1 aromatic rings. The molecule has 35 heavy (non-hydrogen) atoms. The Hall–Kier alpha value is -3.33. The first-order valence-electron chi connectivity index (χ1n) is 11.2. The predicted octanol–water partition coefficient (Wildman–Crippen LogP) is 4.67. The van der Waals surface area contributed by atoms with Crippen molar-refractivity contribution in [3.63, 3.8) is 0 Å². The molecule has 1 unspecified atom stereocenters. The summed E-state index contributed by atoms with van der Waals surface area (Å²) in [6.07, 6.45) is 3.54. The summed E-state index contributed by atoms with van der Waals surface area (Å²) in [5, 5.41) is 0.545. The van der Waals surface area contributed by atoms with Gasteiger partial charge in [0.15, 0.2) is 6.10 Å². The molecule has 10 heteroatoms. The number of carbonyl (C=O) groups is 4. The highest BCUT2D eigenvalue weighted by Gasteiger charge is 2.18. The van der Waals surface area contributed by atoms with Gasteiger partial charge in [-0.15, -0.1) is 0 Å². The molecule has 0 N–H and O–H groups in total. The topological polar surface area (TPSA) is 114 Å². The first-order chi connectivity index (χ1) is 16.8. The SMILES string of the molecule is C=COC(=O)CCCCC(=O)OCC(COc1ccc(Cl)cc1)OC(=O)CCCCC(=O)OC=C. The molecule has 0 radical (unpaired) electrons. The molecular weight excluding hydrogens is 480 g/mol. The first kappa shape index (κ1) is 29.7. The van der Waals surface area contributed by atoms with E-state index in [1.54, 1.807) is 24.3 Å². The largest absolute Gasteiger partial charge is 0.490 e. The molecule has 0 bridgehead atoms. The summed E-state index contributed by atoms with van der Waals surface area (Å²) in [5.74, 6) is -1.34. The van der Waals surface area contributed by atoms with Crippen molar-refractivity contribution in [3.8, 4) is 5.75 Å². The van der Waals surface area contributed by atoms with Gasteiger partial charge >= 0.3 is 23.9 Å². The Morgan fingerprint density at radius 3 is 1.74 bits per heavy atom.